The zero-order chi connectivity index (χ0) is 13.2. The number of hydrogen-bond donors (Lipinski definition) is 2. The highest BCUT2D eigenvalue weighted by molar-refractivity contribution is 5.84. The quantitative estimate of drug-likeness (QED) is 0.766. The molecule has 5 heteroatoms. The molecule has 18 heavy (non-hydrogen) atoms. The summed E-state index contributed by atoms with van der Waals surface area (Å²) in [4.78, 5) is 25.2. The van der Waals surface area contributed by atoms with Crippen molar-refractivity contribution in [2.75, 3.05) is 19.6 Å². The van der Waals surface area contributed by atoms with Crippen LogP contribution in [0, 0.1) is 5.41 Å². The van der Waals surface area contributed by atoms with Crippen LogP contribution in [-0.2, 0) is 9.59 Å². The Morgan fingerprint density at radius 1 is 1.33 bits per heavy atom. The lowest BCUT2D eigenvalue weighted by atomic mass is 9.90. The van der Waals surface area contributed by atoms with Gasteiger partial charge in [-0.15, -0.1) is 0 Å². The molecule has 2 unspecified atom stereocenters. The van der Waals surface area contributed by atoms with Gasteiger partial charge in [0.05, 0.1) is 11.5 Å². The highest BCUT2D eigenvalue weighted by atomic mass is 16.4. The van der Waals surface area contributed by atoms with Crippen LogP contribution in [0.4, 0.5) is 0 Å². The molecule has 2 saturated heterocycles. The van der Waals surface area contributed by atoms with Gasteiger partial charge in [-0.1, -0.05) is 12.8 Å². The third-order valence-electron chi connectivity index (χ3n) is 4.16. The third-order valence-corrected chi connectivity index (χ3v) is 4.16. The molecule has 102 valence electrons. The van der Waals surface area contributed by atoms with Crippen molar-refractivity contribution in [3.8, 4) is 0 Å². The van der Waals surface area contributed by atoms with Crippen molar-refractivity contribution >= 4 is 11.9 Å². The number of carboxylic acids is 1. The van der Waals surface area contributed by atoms with Gasteiger partial charge < -0.3 is 15.3 Å². The summed E-state index contributed by atoms with van der Waals surface area (Å²) in [6, 6.07) is -0.108. The van der Waals surface area contributed by atoms with E-state index in [2.05, 4.69) is 5.32 Å². The van der Waals surface area contributed by atoms with Crippen LogP contribution in [0.15, 0.2) is 0 Å². The van der Waals surface area contributed by atoms with Gasteiger partial charge in [-0.25, -0.2) is 0 Å². The number of nitrogens with one attached hydrogen (secondary N) is 1. The maximum Gasteiger partial charge on any atom is 0.311 e. The van der Waals surface area contributed by atoms with Crippen molar-refractivity contribution in [1.29, 1.82) is 0 Å². The first-order valence-corrected chi connectivity index (χ1v) is 6.78. The minimum atomic E-state index is -0.799. The first-order valence-electron chi connectivity index (χ1n) is 6.78. The Morgan fingerprint density at radius 3 is 2.78 bits per heavy atom. The number of carboxylic acid groups (broad SMARTS) is 1. The van der Waals surface area contributed by atoms with Gasteiger partial charge in [-0.05, 0) is 32.7 Å². The molecule has 2 N–H and O–H groups in total. The molecule has 2 aliphatic rings. The Morgan fingerprint density at radius 2 is 2.11 bits per heavy atom. The van der Waals surface area contributed by atoms with Gasteiger partial charge in [0.15, 0.2) is 0 Å². The Hall–Kier alpha value is -1.10. The number of amides is 1. The van der Waals surface area contributed by atoms with Crippen LogP contribution >= 0.6 is 0 Å². The molecule has 2 aliphatic heterocycles. The van der Waals surface area contributed by atoms with Gasteiger partial charge in [0.25, 0.3) is 0 Å². The van der Waals surface area contributed by atoms with Gasteiger partial charge in [0.1, 0.15) is 0 Å². The molecule has 0 aliphatic carbocycles. The van der Waals surface area contributed by atoms with Crippen molar-refractivity contribution in [2.45, 2.75) is 45.1 Å². The predicted molar refractivity (Wildman–Crippen MR) is 67.2 cm³/mol. The topological polar surface area (TPSA) is 69.6 Å². The summed E-state index contributed by atoms with van der Waals surface area (Å²) in [5.41, 5.74) is -0.764. The van der Waals surface area contributed by atoms with E-state index in [0.717, 1.165) is 25.8 Å². The van der Waals surface area contributed by atoms with Gasteiger partial charge in [0.2, 0.25) is 5.91 Å². The van der Waals surface area contributed by atoms with Crippen LogP contribution in [0.1, 0.15) is 39.0 Å². The maximum atomic E-state index is 12.3. The second kappa shape index (κ2) is 5.26. The van der Waals surface area contributed by atoms with Crippen LogP contribution in [-0.4, -0.2) is 47.6 Å². The smallest absolute Gasteiger partial charge is 0.311 e. The largest absolute Gasteiger partial charge is 0.481 e. The summed E-state index contributed by atoms with van der Waals surface area (Å²) < 4.78 is 0. The molecule has 0 aromatic carbocycles. The molecule has 0 spiro atoms. The SMILES string of the molecule is CC1(C(=O)O)CCN(C(=O)C2CCCCCN2)C1. The van der Waals surface area contributed by atoms with E-state index in [1.165, 1.54) is 6.42 Å². The summed E-state index contributed by atoms with van der Waals surface area (Å²) in [7, 11) is 0. The van der Waals surface area contributed by atoms with Crippen LogP contribution < -0.4 is 5.32 Å². The van der Waals surface area contributed by atoms with E-state index in [4.69, 9.17) is 0 Å². The molecule has 2 rings (SSSR count). The molecule has 2 heterocycles. The molecule has 2 atom stereocenters. The van der Waals surface area contributed by atoms with Crippen molar-refractivity contribution in [2.24, 2.45) is 5.41 Å². The molecular weight excluding hydrogens is 232 g/mol. The predicted octanol–water partition coefficient (Wildman–Crippen LogP) is 0.842. The van der Waals surface area contributed by atoms with Crippen molar-refractivity contribution in [3.63, 3.8) is 0 Å². The van der Waals surface area contributed by atoms with Crippen molar-refractivity contribution in [3.05, 3.63) is 0 Å². The molecule has 0 aromatic rings. The van der Waals surface area contributed by atoms with Crippen LogP contribution in [0.25, 0.3) is 0 Å². The number of nitrogens with zero attached hydrogens (tertiary/aromatic N) is 1. The molecule has 2 fully saturated rings. The number of aliphatic carboxylic acids is 1. The fourth-order valence-electron chi connectivity index (χ4n) is 2.78. The van der Waals surface area contributed by atoms with Gasteiger partial charge >= 0.3 is 5.97 Å². The van der Waals surface area contributed by atoms with Crippen LogP contribution in [0.2, 0.25) is 0 Å². The first kappa shape index (κ1) is 13.3. The number of carbonyl (C=O) groups excluding carboxylic acids is 1. The first-order chi connectivity index (χ1) is 8.53. The molecule has 0 radical (unpaired) electrons. The fourth-order valence-corrected chi connectivity index (χ4v) is 2.78. The average Bonchev–Trinajstić information content (AvgIpc) is 2.59. The Kier molecular flexibility index (Phi) is 3.90. The van der Waals surface area contributed by atoms with E-state index < -0.39 is 11.4 Å². The summed E-state index contributed by atoms with van der Waals surface area (Å²) in [6.45, 7) is 3.53. The summed E-state index contributed by atoms with van der Waals surface area (Å²) in [6.07, 6.45) is 4.80. The monoisotopic (exact) mass is 254 g/mol. The summed E-state index contributed by atoms with van der Waals surface area (Å²) in [5, 5.41) is 12.5. The van der Waals surface area contributed by atoms with E-state index in [1.54, 1.807) is 11.8 Å². The van der Waals surface area contributed by atoms with E-state index in [0.29, 0.717) is 19.5 Å². The second-order valence-corrected chi connectivity index (χ2v) is 5.73. The second-order valence-electron chi connectivity index (χ2n) is 5.73. The lowest BCUT2D eigenvalue weighted by Crippen LogP contribution is -2.46. The van der Waals surface area contributed by atoms with Gasteiger partial charge in [0, 0.05) is 13.1 Å². The molecule has 1 amide bonds. The number of likely N-dealkylation sites (tertiary alicyclic amines) is 1. The summed E-state index contributed by atoms with van der Waals surface area (Å²) >= 11 is 0. The van der Waals surface area contributed by atoms with E-state index in [-0.39, 0.29) is 11.9 Å². The van der Waals surface area contributed by atoms with E-state index in [1.807, 2.05) is 0 Å². The van der Waals surface area contributed by atoms with Gasteiger partial charge in [-0.2, -0.15) is 0 Å². The zero-order valence-corrected chi connectivity index (χ0v) is 10.9. The molecule has 0 bridgehead atoms. The fraction of sp³-hybridized carbons (Fsp3) is 0.846. The van der Waals surface area contributed by atoms with Crippen LogP contribution in [0.5, 0.6) is 0 Å². The number of hydrogen-bond acceptors (Lipinski definition) is 3. The average molecular weight is 254 g/mol. The third kappa shape index (κ3) is 2.66. The minimum absolute atomic E-state index is 0.0851. The lowest BCUT2D eigenvalue weighted by Gasteiger charge is -2.24. The molecular formula is C13H22N2O3. The number of rotatable bonds is 2. The highest BCUT2D eigenvalue weighted by Gasteiger charge is 2.43. The Labute approximate surface area is 108 Å². The molecule has 0 aromatic heterocycles. The standard InChI is InChI=1S/C13H22N2O3/c1-13(12(17)18)6-8-15(9-13)11(16)10-5-3-2-4-7-14-10/h10,14H,2-9H2,1H3,(H,17,18). The summed E-state index contributed by atoms with van der Waals surface area (Å²) in [5.74, 6) is -0.714. The Bertz CT molecular complexity index is 337. The maximum absolute atomic E-state index is 12.3. The van der Waals surface area contributed by atoms with Crippen molar-refractivity contribution in [1.82, 2.24) is 10.2 Å². The Balaban J connectivity index is 1.96. The molecule has 0 saturated carbocycles. The van der Waals surface area contributed by atoms with Crippen molar-refractivity contribution < 1.29 is 14.7 Å². The lowest BCUT2D eigenvalue weighted by molar-refractivity contribution is -0.147. The van der Waals surface area contributed by atoms with E-state index >= 15 is 0 Å². The molecule has 5 nitrogen and oxygen atoms in total. The number of carbonyl (C=O) groups is 2. The van der Waals surface area contributed by atoms with E-state index in [9.17, 15) is 14.7 Å². The zero-order valence-electron chi connectivity index (χ0n) is 10.9. The normalized spacial score (nSPS) is 33.2. The highest BCUT2D eigenvalue weighted by Crippen LogP contribution is 2.30. The van der Waals surface area contributed by atoms with Crippen LogP contribution in [0.3, 0.4) is 0 Å². The minimum Gasteiger partial charge on any atom is -0.481 e. The van der Waals surface area contributed by atoms with Gasteiger partial charge in [-0.3, -0.25) is 9.59 Å².